The fourth-order valence-corrected chi connectivity index (χ4v) is 1.17. The highest BCUT2D eigenvalue weighted by Gasteiger charge is 2.03. The summed E-state index contributed by atoms with van der Waals surface area (Å²) in [6.07, 6.45) is 3.36. The van der Waals surface area contributed by atoms with E-state index in [1.807, 2.05) is 0 Å². The third-order valence-electron chi connectivity index (χ3n) is 1.91. The summed E-state index contributed by atoms with van der Waals surface area (Å²) >= 11 is 0. The minimum atomic E-state index is -2.84. The van der Waals surface area contributed by atoms with Crippen molar-refractivity contribution in [1.82, 2.24) is 0 Å². The quantitative estimate of drug-likeness (QED) is 0.745. The highest BCUT2D eigenvalue weighted by atomic mass is 19.3. The zero-order valence-corrected chi connectivity index (χ0v) is 9.23. The van der Waals surface area contributed by atoms with E-state index in [1.165, 1.54) is 19.2 Å². The van der Waals surface area contributed by atoms with Crippen LogP contribution in [0.5, 0.6) is 5.75 Å². The monoisotopic (exact) mass is 242 g/mol. The first-order chi connectivity index (χ1) is 8.11. The molecule has 0 radical (unpaired) electrons. The van der Waals surface area contributed by atoms with E-state index < -0.39 is 6.61 Å². The Kier molecular flexibility index (Phi) is 5.13. The number of methoxy groups -OCH3 is 1. The lowest BCUT2D eigenvalue weighted by Crippen LogP contribution is -2.01. The summed E-state index contributed by atoms with van der Waals surface area (Å²) in [5.74, 6) is -0.276. The van der Waals surface area contributed by atoms with Gasteiger partial charge in [0.1, 0.15) is 5.75 Å². The second-order valence-corrected chi connectivity index (χ2v) is 3.13. The second-order valence-electron chi connectivity index (χ2n) is 3.13. The molecule has 1 aromatic rings. The standard InChI is InChI=1S/C12H12F2O3/c1-16-11(15)7-3-5-9-4-2-6-10(8-9)17-12(13)14/h2-6,8,12H,7H2,1H3. The van der Waals surface area contributed by atoms with Crippen molar-refractivity contribution in [3.63, 3.8) is 0 Å². The molecule has 3 nitrogen and oxygen atoms in total. The summed E-state index contributed by atoms with van der Waals surface area (Å²) in [5, 5.41) is 0. The van der Waals surface area contributed by atoms with Gasteiger partial charge in [-0.1, -0.05) is 24.3 Å². The molecule has 17 heavy (non-hydrogen) atoms. The summed E-state index contributed by atoms with van der Waals surface area (Å²) in [6.45, 7) is -2.84. The van der Waals surface area contributed by atoms with Gasteiger partial charge in [-0.15, -0.1) is 0 Å². The summed E-state index contributed by atoms with van der Waals surface area (Å²) < 4.78 is 32.6. The van der Waals surface area contributed by atoms with Gasteiger partial charge in [-0.3, -0.25) is 4.79 Å². The maximum absolute atomic E-state index is 12.0. The molecule has 0 aliphatic carbocycles. The number of esters is 1. The first kappa shape index (κ1) is 13.2. The Morgan fingerprint density at radius 1 is 1.47 bits per heavy atom. The van der Waals surface area contributed by atoms with Crippen molar-refractivity contribution >= 4 is 12.0 Å². The van der Waals surface area contributed by atoms with Crippen molar-refractivity contribution < 1.29 is 23.0 Å². The van der Waals surface area contributed by atoms with Gasteiger partial charge in [0.05, 0.1) is 13.5 Å². The van der Waals surface area contributed by atoms with E-state index in [0.29, 0.717) is 5.56 Å². The number of carbonyl (C=O) groups is 1. The lowest BCUT2D eigenvalue weighted by Gasteiger charge is -2.04. The Balaban J connectivity index is 2.62. The van der Waals surface area contributed by atoms with Crippen LogP contribution >= 0.6 is 0 Å². The van der Waals surface area contributed by atoms with Crippen LogP contribution in [0, 0.1) is 0 Å². The lowest BCUT2D eigenvalue weighted by molar-refractivity contribution is -0.139. The van der Waals surface area contributed by atoms with E-state index in [-0.39, 0.29) is 18.1 Å². The number of hydrogen-bond acceptors (Lipinski definition) is 3. The van der Waals surface area contributed by atoms with Gasteiger partial charge in [-0.25, -0.2) is 0 Å². The molecule has 0 aliphatic rings. The number of alkyl halides is 2. The molecule has 92 valence electrons. The molecular formula is C12H12F2O3. The number of rotatable bonds is 5. The molecule has 0 aliphatic heterocycles. The normalized spacial score (nSPS) is 10.8. The van der Waals surface area contributed by atoms with Crippen LogP contribution in [0.2, 0.25) is 0 Å². The van der Waals surface area contributed by atoms with Crippen molar-refractivity contribution in [1.29, 1.82) is 0 Å². The van der Waals surface area contributed by atoms with Gasteiger partial charge in [-0.2, -0.15) is 8.78 Å². The van der Waals surface area contributed by atoms with Crippen LogP contribution in [0.3, 0.4) is 0 Å². The third kappa shape index (κ3) is 5.10. The molecule has 5 heteroatoms. The number of halogens is 2. The minimum Gasteiger partial charge on any atom is -0.469 e. The Morgan fingerprint density at radius 2 is 2.24 bits per heavy atom. The SMILES string of the molecule is COC(=O)CC=Cc1cccc(OC(F)F)c1. The molecule has 1 rings (SSSR count). The zero-order valence-electron chi connectivity index (χ0n) is 9.23. The van der Waals surface area contributed by atoms with Gasteiger partial charge < -0.3 is 9.47 Å². The number of hydrogen-bond donors (Lipinski definition) is 0. The molecule has 0 bridgehead atoms. The predicted molar refractivity (Wildman–Crippen MR) is 58.7 cm³/mol. The smallest absolute Gasteiger partial charge is 0.387 e. The Bertz CT molecular complexity index is 402. The zero-order chi connectivity index (χ0) is 12.7. The molecular weight excluding hydrogens is 230 g/mol. The molecule has 0 unspecified atom stereocenters. The predicted octanol–water partition coefficient (Wildman–Crippen LogP) is 2.86. The molecule has 0 amide bonds. The first-order valence-electron chi connectivity index (χ1n) is 4.90. The van der Waals surface area contributed by atoms with Crippen molar-refractivity contribution in [3.05, 3.63) is 35.9 Å². The lowest BCUT2D eigenvalue weighted by atomic mass is 10.2. The van der Waals surface area contributed by atoms with Crippen LogP contribution in [-0.4, -0.2) is 19.7 Å². The van der Waals surface area contributed by atoms with Crippen LogP contribution in [0.15, 0.2) is 30.3 Å². The van der Waals surface area contributed by atoms with Gasteiger partial charge in [0, 0.05) is 0 Å². The van der Waals surface area contributed by atoms with E-state index in [9.17, 15) is 13.6 Å². The summed E-state index contributed by atoms with van der Waals surface area (Å²) in [4.78, 5) is 10.8. The van der Waals surface area contributed by atoms with Crippen LogP contribution in [0.1, 0.15) is 12.0 Å². The van der Waals surface area contributed by atoms with Crippen LogP contribution < -0.4 is 4.74 Å². The van der Waals surface area contributed by atoms with Crippen LogP contribution in [0.25, 0.3) is 6.08 Å². The van der Waals surface area contributed by atoms with E-state index >= 15 is 0 Å². The van der Waals surface area contributed by atoms with E-state index in [4.69, 9.17) is 0 Å². The van der Waals surface area contributed by atoms with Crippen LogP contribution in [0.4, 0.5) is 8.78 Å². The minimum absolute atomic E-state index is 0.0835. The first-order valence-corrected chi connectivity index (χ1v) is 4.90. The highest BCUT2D eigenvalue weighted by molar-refractivity contribution is 5.72. The Labute approximate surface area is 97.7 Å². The average Bonchev–Trinajstić information content (AvgIpc) is 2.28. The molecule has 1 aromatic carbocycles. The second kappa shape index (κ2) is 6.62. The fourth-order valence-electron chi connectivity index (χ4n) is 1.17. The molecule has 0 spiro atoms. The topological polar surface area (TPSA) is 35.5 Å². The highest BCUT2D eigenvalue weighted by Crippen LogP contribution is 2.16. The van der Waals surface area contributed by atoms with Gasteiger partial charge in [0.15, 0.2) is 0 Å². The third-order valence-corrected chi connectivity index (χ3v) is 1.91. The molecule has 0 aromatic heterocycles. The summed E-state index contributed by atoms with van der Waals surface area (Å²) in [6, 6.07) is 6.20. The molecule has 0 atom stereocenters. The maximum Gasteiger partial charge on any atom is 0.387 e. The molecule has 0 saturated carbocycles. The van der Waals surface area contributed by atoms with E-state index in [1.54, 1.807) is 24.3 Å². The van der Waals surface area contributed by atoms with Crippen molar-refractivity contribution in [3.8, 4) is 5.75 Å². The number of benzene rings is 1. The van der Waals surface area contributed by atoms with Gasteiger partial charge >= 0.3 is 12.6 Å². The molecule has 0 heterocycles. The average molecular weight is 242 g/mol. The molecule has 0 N–H and O–H groups in total. The molecule has 0 fully saturated rings. The van der Waals surface area contributed by atoms with Crippen LogP contribution in [-0.2, 0) is 9.53 Å². The van der Waals surface area contributed by atoms with Gasteiger partial charge in [-0.05, 0) is 17.7 Å². The van der Waals surface area contributed by atoms with E-state index in [0.717, 1.165) is 0 Å². The number of ether oxygens (including phenoxy) is 2. The van der Waals surface area contributed by atoms with Gasteiger partial charge in [0.25, 0.3) is 0 Å². The van der Waals surface area contributed by atoms with Gasteiger partial charge in [0.2, 0.25) is 0 Å². The van der Waals surface area contributed by atoms with E-state index in [2.05, 4.69) is 9.47 Å². The summed E-state index contributed by atoms with van der Waals surface area (Å²) in [7, 11) is 1.30. The van der Waals surface area contributed by atoms with Crippen molar-refractivity contribution in [2.45, 2.75) is 13.0 Å². The summed E-state index contributed by atoms with van der Waals surface area (Å²) in [5.41, 5.74) is 0.673. The van der Waals surface area contributed by atoms with Crippen molar-refractivity contribution in [2.24, 2.45) is 0 Å². The number of carbonyl (C=O) groups excluding carboxylic acids is 1. The Morgan fingerprint density at radius 3 is 2.88 bits per heavy atom. The maximum atomic E-state index is 12.0. The largest absolute Gasteiger partial charge is 0.469 e. The molecule has 0 saturated heterocycles. The Hall–Kier alpha value is -1.91. The van der Waals surface area contributed by atoms with Crippen molar-refractivity contribution in [2.75, 3.05) is 7.11 Å². The fraction of sp³-hybridized carbons (Fsp3) is 0.250.